The summed E-state index contributed by atoms with van der Waals surface area (Å²) in [6, 6.07) is 22.8. The predicted octanol–water partition coefficient (Wildman–Crippen LogP) is 3.85. The normalized spacial score (nSPS) is 10.6. The summed E-state index contributed by atoms with van der Waals surface area (Å²) in [5.74, 6) is -0.227. The van der Waals surface area contributed by atoms with Crippen molar-refractivity contribution in [2.45, 2.75) is 5.16 Å². The van der Waals surface area contributed by atoms with Crippen LogP contribution in [0.4, 0.5) is 0 Å². The van der Waals surface area contributed by atoms with Gasteiger partial charge in [0.05, 0.1) is 22.9 Å². The summed E-state index contributed by atoms with van der Waals surface area (Å²) < 4.78 is 1.53. The first-order valence-electron chi connectivity index (χ1n) is 9.11. The number of carbonyl (C=O) groups is 1. The number of nitrogens with one attached hydrogen (secondary N) is 1. The number of carbonyl (C=O) groups excluding carboxylic acids is 1. The van der Waals surface area contributed by atoms with Gasteiger partial charge in [-0.2, -0.15) is 5.26 Å². The number of nitriles is 1. The Morgan fingerprint density at radius 1 is 1.13 bits per heavy atom. The Kier molecular flexibility index (Phi) is 5.93. The first kappa shape index (κ1) is 19.9. The minimum absolute atomic E-state index is 0.0529. The molecule has 0 aliphatic heterocycles. The molecule has 0 radical (unpaired) electrons. The molecule has 1 N–H and O–H groups in total. The van der Waals surface area contributed by atoms with E-state index in [0.29, 0.717) is 21.1 Å². The molecule has 0 aliphatic rings. The van der Waals surface area contributed by atoms with Gasteiger partial charge in [0.2, 0.25) is 5.91 Å². The van der Waals surface area contributed by atoms with Crippen molar-refractivity contribution >= 4 is 39.2 Å². The molecule has 0 fully saturated rings. The SMILES string of the molecule is N#CCNC(=O)CSc1nc2sc(-c3ccccc3)cc2c(=O)n1-c1ccccc1. The van der Waals surface area contributed by atoms with Crippen LogP contribution >= 0.6 is 23.1 Å². The van der Waals surface area contributed by atoms with E-state index in [1.807, 2.05) is 72.8 Å². The van der Waals surface area contributed by atoms with Crippen LogP contribution in [0.5, 0.6) is 0 Å². The summed E-state index contributed by atoms with van der Waals surface area (Å²) >= 11 is 2.62. The maximum Gasteiger partial charge on any atom is 0.267 e. The number of amides is 1. The Morgan fingerprint density at radius 2 is 1.83 bits per heavy atom. The van der Waals surface area contributed by atoms with Gasteiger partial charge in [0.25, 0.3) is 5.56 Å². The Hall–Kier alpha value is -3.41. The molecule has 0 atom stereocenters. The fraction of sp³-hybridized carbons (Fsp3) is 0.0909. The van der Waals surface area contributed by atoms with Gasteiger partial charge < -0.3 is 5.32 Å². The monoisotopic (exact) mass is 432 g/mol. The molecule has 2 aromatic heterocycles. The summed E-state index contributed by atoms with van der Waals surface area (Å²) in [4.78, 5) is 31.7. The predicted molar refractivity (Wildman–Crippen MR) is 120 cm³/mol. The van der Waals surface area contributed by atoms with Gasteiger partial charge in [-0.05, 0) is 23.8 Å². The largest absolute Gasteiger partial charge is 0.342 e. The van der Waals surface area contributed by atoms with E-state index < -0.39 is 0 Å². The zero-order valence-electron chi connectivity index (χ0n) is 15.7. The van der Waals surface area contributed by atoms with Crippen LogP contribution < -0.4 is 10.9 Å². The van der Waals surface area contributed by atoms with Gasteiger partial charge in [0, 0.05) is 4.88 Å². The maximum absolute atomic E-state index is 13.4. The summed E-state index contributed by atoms with van der Waals surface area (Å²) in [6.07, 6.45) is 0. The lowest BCUT2D eigenvalue weighted by Crippen LogP contribution is -2.26. The van der Waals surface area contributed by atoms with Gasteiger partial charge in [-0.15, -0.1) is 11.3 Å². The van der Waals surface area contributed by atoms with Crippen molar-refractivity contribution in [3.8, 4) is 22.2 Å². The molecule has 0 saturated heterocycles. The number of nitrogens with zero attached hydrogens (tertiary/aromatic N) is 3. The molecule has 4 aromatic rings. The molecule has 2 aromatic carbocycles. The van der Waals surface area contributed by atoms with Crippen LogP contribution in [0.15, 0.2) is 76.7 Å². The van der Waals surface area contributed by atoms with Gasteiger partial charge in [-0.1, -0.05) is 60.3 Å². The smallest absolute Gasteiger partial charge is 0.267 e. The number of benzene rings is 2. The third-order valence-corrected chi connectivity index (χ3v) is 6.32. The second-order valence-electron chi connectivity index (χ2n) is 6.29. The Balaban J connectivity index is 1.81. The van der Waals surface area contributed by atoms with Gasteiger partial charge in [0.1, 0.15) is 11.4 Å². The summed E-state index contributed by atoms with van der Waals surface area (Å²) in [7, 11) is 0. The quantitative estimate of drug-likeness (QED) is 0.284. The van der Waals surface area contributed by atoms with Crippen LogP contribution in [0, 0.1) is 11.3 Å². The lowest BCUT2D eigenvalue weighted by molar-refractivity contribution is -0.118. The van der Waals surface area contributed by atoms with Crippen LogP contribution in [0.3, 0.4) is 0 Å². The molecular formula is C22H16N4O2S2. The highest BCUT2D eigenvalue weighted by Gasteiger charge is 2.17. The van der Waals surface area contributed by atoms with Gasteiger partial charge in [-0.3, -0.25) is 14.2 Å². The Bertz CT molecular complexity index is 1290. The number of aromatic nitrogens is 2. The van der Waals surface area contributed by atoms with E-state index in [-0.39, 0.29) is 23.8 Å². The van der Waals surface area contributed by atoms with E-state index in [4.69, 9.17) is 10.2 Å². The minimum Gasteiger partial charge on any atom is -0.342 e. The molecule has 8 heteroatoms. The summed E-state index contributed by atoms with van der Waals surface area (Å²) in [6.45, 7) is -0.0529. The van der Waals surface area contributed by atoms with E-state index in [2.05, 4.69) is 5.32 Å². The van der Waals surface area contributed by atoms with E-state index in [9.17, 15) is 9.59 Å². The zero-order chi connectivity index (χ0) is 20.9. The second-order valence-corrected chi connectivity index (χ2v) is 8.26. The van der Waals surface area contributed by atoms with Crippen LogP contribution in [0.25, 0.3) is 26.3 Å². The molecule has 148 valence electrons. The van der Waals surface area contributed by atoms with Gasteiger partial charge in [0.15, 0.2) is 5.16 Å². The van der Waals surface area contributed by atoms with E-state index >= 15 is 0 Å². The molecule has 0 aliphatic carbocycles. The standard InChI is InChI=1S/C22H16N4O2S2/c23-11-12-24-19(27)14-29-22-25-20-17(13-18(30-20)15-7-3-1-4-8-15)21(28)26(22)16-9-5-2-6-10-16/h1-10,13H,12,14H2,(H,24,27). The third-order valence-electron chi connectivity index (χ3n) is 4.30. The number of thiophene rings is 1. The van der Waals surface area contributed by atoms with Crippen molar-refractivity contribution in [2.75, 3.05) is 12.3 Å². The third kappa shape index (κ3) is 4.13. The van der Waals surface area contributed by atoms with Crippen molar-refractivity contribution in [1.29, 1.82) is 5.26 Å². The average Bonchev–Trinajstić information content (AvgIpc) is 3.22. The van der Waals surface area contributed by atoms with Gasteiger partial charge in [-0.25, -0.2) is 4.98 Å². The highest BCUT2D eigenvalue weighted by molar-refractivity contribution is 7.99. The Labute approximate surface area is 180 Å². The number of thioether (sulfide) groups is 1. The van der Waals surface area contributed by atoms with Crippen LogP contribution in [0.2, 0.25) is 0 Å². The van der Waals surface area contributed by atoms with Crippen LogP contribution in [-0.4, -0.2) is 27.8 Å². The summed E-state index contributed by atoms with van der Waals surface area (Å²) in [5.41, 5.74) is 1.53. The summed E-state index contributed by atoms with van der Waals surface area (Å²) in [5, 5.41) is 12.1. The first-order valence-corrected chi connectivity index (χ1v) is 10.9. The number of rotatable bonds is 6. The molecule has 0 spiro atoms. The van der Waals surface area contributed by atoms with Crippen molar-refractivity contribution in [3.63, 3.8) is 0 Å². The first-order chi connectivity index (χ1) is 14.7. The number of hydrogen-bond donors (Lipinski definition) is 1. The molecule has 1 amide bonds. The minimum atomic E-state index is -0.285. The maximum atomic E-state index is 13.4. The average molecular weight is 433 g/mol. The van der Waals surface area contributed by atoms with Crippen LogP contribution in [0.1, 0.15) is 0 Å². The fourth-order valence-electron chi connectivity index (χ4n) is 2.93. The molecule has 0 unspecified atom stereocenters. The molecular weight excluding hydrogens is 416 g/mol. The Morgan fingerprint density at radius 3 is 2.53 bits per heavy atom. The van der Waals surface area contributed by atoms with Crippen molar-refractivity contribution in [2.24, 2.45) is 0 Å². The van der Waals surface area contributed by atoms with E-state index in [1.54, 1.807) is 0 Å². The van der Waals surface area contributed by atoms with E-state index in [0.717, 1.165) is 10.4 Å². The highest BCUT2D eigenvalue weighted by Crippen LogP contribution is 2.32. The second kappa shape index (κ2) is 8.95. The van der Waals surface area contributed by atoms with Crippen molar-refractivity contribution < 1.29 is 4.79 Å². The fourth-order valence-corrected chi connectivity index (χ4v) is 4.85. The lowest BCUT2D eigenvalue weighted by Gasteiger charge is -2.11. The van der Waals surface area contributed by atoms with Crippen molar-refractivity contribution in [1.82, 2.24) is 14.9 Å². The van der Waals surface area contributed by atoms with Gasteiger partial charge >= 0.3 is 0 Å². The number of hydrogen-bond acceptors (Lipinski definition) is 6. The molecule has 6 nitrogen and oxygen atoms in total. The number of para-hydroxylation sites is 1. The van der Waals surface area contributed by atoms with E-state index in [1.165, 1.54) is 27.7 Å². The zero-order valence-corrected chi connectivity index (χ0v) is 17.4. The highest BCUT2D eigenvalue weighted by atomic mass is 32.2. The van der Waals surface area contributed by atoms with Crippen LogP contribution in [-0.2, 0) is 4.79 Å². The molecule has 0 saturated carbocycles. The molecule has 4 rings (SSSR count). The number of fused-ring (bicyclic) bond motifs is 1. The lowest BCUT2D eigenvalue weighted by atomic mass is 10.2. The molecule has 30 heavy (non-hydrogen) atoms. The molecule has 0 bridgehead atoms. The topological polar surface area (TPSA) is 87.8 Å². The van der Waals surface area contributed by atoms with Crippen molar-refractivity contribution in [3.05, 3.63) is 77.1 Å². The molecule has 2 heterocycles.